The maximum atomic E-state index is 9.20. The predicted molar refractivity (Wildman–Crippen MR) is 312 cm³/mol. The monoisotopic (exact) mass is 1180 g/mol. The van der Waals surface area contributed by atoms with Crippen LogP contribution in [0.4, 0.5) is 22.7 Å². The fourth-order valence-electron chi connectivity index (χ4n) is 10.0. The van der Waals surface area contributed by atoms with Crippen molar-refractivity contribution in [2.24, 2.45) is 0 Å². The van der Waals surface area contributed by atoms with Gasteiger partial charge in [0.25, 0.3) is 0 Å². The van der Waals surface area contributed by atoms with E-state index < -0.39 is 85.4 Å². The minimum Gasteiger partial charge on any atom is -0.509 e. The Hall–Kier alpha value is -8.18. The number of ether oxygens (including phenoxy) is 1. The Morgan fingerprint density at radius 2 is 1.22 bits per heavy atom. The Morgan fingerprint density at radius 1 is 0.539 bits per heavy atom. The molecule has 0 bridgehead atoms. The van der Waals surface area contributed by atoms with Crippen LogP contribution in [0.15, 0.2) is 206 Å². The Kier molecular flexibility index (Phi) is 8.37. The van der Waals surface area contributed by atoms with Crippen molar-refractivity contribution >= 4 is 66.4 Å². The summed E-state index contributed by atoms with van der Waals surface area (Å²) < 4.78 is 150. The van der Waals surface area contributed by atoms with E-state index in [0.29, 0.717) is 33.2 Å². The zero-order chi connectivity index (χ0) is 65.0. The molecule has 0 amide bonds. The molecule has 9 aromatic carbocycles. The Morgan fingerprint density at radius 3 is 1.93 bits per heavy atom. The molecule has 1 aliphatic rings. The molecule has 0 saturated carbocycles. The fraction of sp³-hybridized carbons (Fsp3) is 0.130. The first kappa shape index (κ1) is 33.7. The Bertz CT molecular complexity index is 4950. The standard InChI is InChI=1S/C69H56N5O.Pt/c1-45-36-66(70-43-60(45)47-22-12-9-13-23-47)74-63-35-32-51(73-61-29-16-14-26-56(61)57-27-15-17-30-62(57)73)41-59(63)58-34-33-54(42-65(58)74)75-53-25-18-24-50(40-53)71-44-72(52-38-48(68(2,3)4)37-49(39-52)69(5,6)7)67-55(28-19-31-64(67)71)46-20-10-8-11-21-46;/h8-39,41,43-44H,1-7H3;/q-3;/i1D3,9D,12D,13D,14D,15D,16D,17D,22D,23D,26D,27D,29D,30D;. The normalized spacial score (nSPS) is 15.9. The molecule has 13 rings (SSSR count). The van der Waals surface area contributed by atoms with Crippen LogP contribution in [-0.4, -0.2) is 14.1 Å². The van der Waals surface area contributed by atoms with Gasteiger partial charge in [0.1, 0.15) is 5.82 Å². The zero-order valence-corrected chi connectivity index (χ0v) is 44.4. The molecule has 1 aliphatic heterocycles. The summed E-state index contributed by atoms with van der Waals surface area (Å²) in [6.45, 7) is 12.4. The minimum atomic E-state index is -2.93. The molecule has 0 N–H and O–H groups in total. The first-order valence-corrected chi connectivity index (χ1v) is 24.5. The smallest absolute Gasteiger partial charge is 0.135 e. The summed E-state index contributed by atoms with van der Waals surface area (Å²) in [6.07, 6.45) is 1.17. The van der Waals surface area contributed by atoms with E-state index in [0.717, 1.165) is 28.2 Å². The molecule has 12 aromatic rings. The number of benzene rings is 9. The molecular formula is C69H56N5OPt-3. The van der Waals surface area contributed by atoms with Gasteiger partial charge < -0.3 is 23.7 Å². The van der Waals surface area contributed by atoms with Crippen molar-refractivity contribution in [3.8, 4) is 45.3 Å². The molecule has 0 atom stereocenters. The summed E-state index contributed by atoms with van der Waals surface area (Å²) in [6, 6.07) is 38.0. The third kappa shape index (κ3) is 8.46. The minimum absolute atomic E-state index is 0. The van der Waals surface area contributed by atoms with E-state index >= 15 is 0 Å². The summed E-state index contributed by atoms with van der Waals surface area (Å²) in [5, 5.41) is 0.738. The zero-order valence-electron chi connectivity index (χ0n) is 58.2. The van der Waals surface area contributed by atoms with Gasteiger partial charge in [-0.15, -0.1) is 48.1 Å². The average molecular weight is 1180 g/mol. The number of pyridine rings is 1. The van der Waals surface area contributed by atoms with Gasteiger partial charge in [0.2, 0.25) is 0 Å². The number of anilines is 4. The van der Waals surface area contributed by atoms with Gasteiger partial charge >= 0.3 is 0 Å². The van der Waals surface area contributed by atoms with Crippen molar-refractivity contribution in [3.63, 3.8) is 0 Å². The van der Waals surface area contributed by atoms with Gasteiger partial charge in [-0.3, -0.25) is 0 Å². The summed E-state index contributed by atoms with van der Waals surface area (Å²) >= 11 is 0. The van der Waals surface area contributed by atoms with E-state index in [1.54, 1.807) is 41.0 Å². The fourth-order valence-corrected chi connectivity index (χ4v) is 10.0. The number of aryl methyl sites for hydroxylation is 1. The van der Waals surface area contributed by atoms with Crippen LogP contribution in [0.5, 0.6) is 11.5 Å². The third-order valence-corrected chi connectivity index (χ3v) is 13.8. The van der Waals surface area contributed by atoms with Crippen molar-refractivity contribution < 1.29 is 47.7 Å². The summed E-state index contributed by atoms with van der Waals surface area (Å²) in [5.41, 5.74) is 7.44. The molecule has 4 heterocycles. The van der Waals surface area contributed by atoms with Crippen LogP contribution in [0.2, 0.25) is 0 Å². The number of hydrogen-bond acceptors (Lipinski definition) is 4. The largest absolute Gasteiger partial charge is 0.509 e. The number of aromatic nitrogens is 3. The SMILES string of the molecule is [2H]c1c([2H])c([2H])c(-c2cnc(-n3c4[c-]c(Oc5[c-]c(N6[CH-]N(c7cc(C(C)(C)C)cc(C(C)(C)C)c7)c7c(-c8ccccc8)cccc76)ccc5)ccc4c4cc(-n5c6c([2H])c([2H])c([2H])c([2H])c6c6c([2H])c([2H])c([2H])c([2H])c65)ccc43)cc2C([2H])([2H])[2H])c([2H])c1[2H].[Pt]. The van der Waals surface area contributed by atoms with Gasteiger partial charge in [-0.2, -0.15) is 12.1 Å². The van der Waals surface area contributed by atoms with Gasteiger partial charge in [0.05, 0.1) is 28.9 Å². The van der Waals surface area contributed by atoms with Crippen LogP contribution in [0.1, 0.15) is 80.2 Å². The second-order valence-corrected chi connectivity index (χ2v) is 20.7. The third-order valence-electron chi connectivity index (χ3n) is 13.8. The number of rotatable bonds is 8. The van der Waals surface area contributed by atoms with Crippen LogP contribution >= 0.6 is 0 Å². The molecule has 6 nitrogen and oxygen atoms in total. The van der Waals surface area contributed by atoms with Crippen LogP contribution in [-0.2, 0) is 31.9 Å². The molecule has 376 valence electrons. The summed E-state index contributed by atoms with van der Waals surface area (Å²) in [7, 11) is 0. The average Bonchev–Trinajstić information content (AvgIpc) is 1.54. The van der Waals surface area contributed by atoms with Gasteiger partial charge in [-0.1, -0.05) is 162 Å². The molecule has 0 spiro atoms. The van der Waals surface area contributed by atoms with Gasteiger partial charge in [-0.25, -0.2) is 4.98 Å². The Balaban J connectivity index is 0.00000816. The van der Waals surface area contributed by atoms with E-state index in [1.807, 2.05) is 36.4 Å². The van der Waals surface area contributed by atoms with Crippen LogP contribution < -0.4 is 14.5 Å². The van der Waals surface area contributed by atoms with E-state index in [2.05, 4.69) is 113 Å². The van der Waals surface area contributed by atoms with Gasteiger partial charge in [0.15, 0.2) is 0 Å². The first-order chi connectivity index (χ1) is 43.0. The van der Waals surface area contributed by atoms with Crippen molar-refractivity contribution in [3.05, 3.63) is 242 Å². The molecule has 0 saturated heterocycles. The summed E-state index contributed by atoms with van der Waals surface area (Å²) in [5.74, 6) is 0.517. The molecule has 76 heavy (non-hydrogen) atoms. The first-order valence-electron chi connectivity index (χ1n) is 32.5. The topological polar surface area (TPSA) is 38.5 Å². The van der Waals surface area contributed by atoms with Crippen molar-refractivity contribution in [1.82, 2.24) is 14.1 Å². The number of fused-ring (bicyclic) bond motifs is 7. The molecule has 0 fully saturated rings. The number of hydrogen-bond donors (Lipinski definition) is 0. The van der Waals surface area contributed by atoms with E-state index in [-0.39, 0.29) is 87.6 Å². The molecule has 0 radical (unpaired) electrons. The van der Waals surface area contributed by atoms with Crippen LogP contribution in [0.25, 0.3) is 77.4 Å². The molecule has 0 unspecified atom stereocenters. The van der Waals surface area contributed by atoms with Gasteiger partial charge in [-0.05, 0) is 105 Å². The second kappa shape index (κ2) is 18.9. The number of para-hydroxylation sites is 3. The maximum Gasteiger partial charge on any atom is 0.135 e. The van der Waals surface area contributed by atoms with Crippen molar-refractivity contribution in [2.75, 3.05) is 9.80 Å². The van der Waals surface area contributed by atoms with Gasteiger partial charge in [0, 0.05) is 93.0 Å². The molecular weight excluding hydrogens is 1110 g/mol. The Labute approximate surface area is 482 Å². The van der Waals surface area contributed by atoms with Crippen molar-refractivity contribution in [1.29, 1.82) is 0 Å². The molecule has 0 aliphatic carbocycles. The van der Waals surface area contributed by atoms with E-state index in [4.69, 9.17) is 28.9 Å². The maximum absolute atomic E-state index is 9.20. The van der Waals surface area contributed by atoms with Crippen LogP contribution in [0, 0.1) is 25.7 Å². The molecule has 7 heteroatoms. The van der Waals surface area contributed by atoms with Crippen molar-refractivity contribution in [2.45, 2.75) is 59.2 Å². The molecule has 3 aromatic heterocycles. The second-order valence-electron chi connectivity index (χ2n) is 20.7. The van der Waals surface area contributed by atoms with Crippen LogP contribution in [0.3, 0.4) is 0 Å². The summed E-state index contributed by atoms with van der Waals surface area (Å²) in [4.78, 5) is 9.08. The number of nitrogens with zero attached hydrogens (tertiary/aromatic N) is 5. The van der Waals surface area contributed by atoms with E-state index in [1.165, 1.54) is 28.0 Å². The van der Waals surface area contributed by atoms with E-state index in [9.17, 15) is 2.74 Å². The predicted octanol–water partition coefficient (Wildman–Crippen LogP) is 18.3. The quantitative estimate of drug-likeness (QED) is 0.142.